The molecule has 10 heteroatoms. The van der Waals surface area contributed by atoms with Crippen molar-refractivity contribution in [1.29, 1.82) is 0 Å². The number of thiazole rings is 2. The van der Waals surface area contributed by atoms with Crippen molar-refractivity contribution >= 4 is 55.1 Å². The van der Waals surface area contributed by atoms with Crippen LogP contribution in [0.3, 0.4) is 0 Å². The first kappa shape index (κ1) is 21.5. The molecule has 0 radical (unpaired) electrons. The molecular weight excluding hydrogens is 434 g/mol. The lowest BCUT2D eigenvalue weighted by atomic mass is 9.96. The predicted molar refractivity (Wildman–Crippen MR) is 124 cm³/mol. The van der Waals surface area contributed by atoms with E-state index >= 15 is 0 Å². The van der Waals surface area contributed by atoms with Crippen LogP contribution in [0.2, 0.25) is 0 Å². The molecule has 2 heterocycles. The highest BCUT2D eigenvalue weighted by Crippen LogP contribution is 2.29. The molecule has 31 heavy (non-hydrogen) atoms. The molecule has 1 aliphatic carbocycles. The maximum absolute atomic E-state index is 12.4. The largest absolute Gasteiger partial charge is 0.494 e. The molecule has 0 atom stereocenters. The summed E-state index contributed by atoms with van der Waals surface area (Å²) >= 11 is 2.71. The molecule has 1 aromatic carbocycles. The van der Waals surface area contributed by atoms with E-state index in [0.29, 0.717) is 22.6 Å². The number of nitrogens with zero attached hydrogens (tertiary/aromatic N) is 2. The molecule has 0 aliphatic heterocycles. The van der Waals surface area contributed by atoms with Gasteiger partial charge in [-0.3, -0.25) is 10.1 Å². The minimum Gasteiger partial charge on any atom is -0.494 e. The van der Waals surface area contributed by atoms with Crippen LogP contribution in [-0.4, -0.2) is 34.6 Å². The van der Waals surface area contributed by atoms with E-state index in [-0.39, 0.29) is 24.4 Å². The Morgan fingerprint density at radius 1 is 1.13 bits per heavy atom. The number of carbonyl (C=O) groups excluding carboxylic acids is 2. The van der Waals surface area contributed by atoms with Gasteiger partial charge in [0, 0.05) is 11.4 Å². The van der Waals surface area contributed by atoms with Gasteiger partial charge in [-0.05, 0) is 38.0 Å². The second-order valence-electron chi connectivity index (χ2n) is 7.38. The zero-order valence-corrected chi connectivity index (χ0v) is 18.9. The summed E-state index contributed by atoms with van der Waals surface area (Å²) < 4.78 is 6.45. The number of anilines is 2. The van der Waals surface area contributed by atoms with Gasteiger partial charge in [-0.1, -0.05) is 30.6 Å². The van der Waals surface area contributed by atoms with Gasteiger partial charge < -0.3 is 15.4 Å². The van der Waals surface area contributed by atoms with Gasteiger partial charge in [0.15, 0.2) is 10.3 Å². The lowest BCUT2D eigenvalue weighted by Gasteiger charge is -2.22. The van der Waals surface area contributed by atoms with Gasteiger partial charge in [0.25, 0.3) is 0 Å². The summed E-state index contributed by atoms with van der Waals surface area (Å²) in [5.74, 6) is 0.583. The highest BCUT2D eigenvalue weighted by Gasteiger charge is 2.17. The maximum Gasteiger partial charge on any atom is 0.321 e. The maximum atomic E-state index is 12.4. The number of amides is 3. The van der Waals surface area contributed by atoms with Gasteiger partial charge >= 0.3 is 6.03 Å². The fraction of sp³-hybridized carbons (Fsp3) is 0.429. The van der Waals surface area contributed by atoms with Crippen molar-refractivity contribution in [3.63, 3.8) is 0 Å². The molecule has 8 nitrogen and oxygen atoms in total. The van der Waals surface area contributed by atoms with E-state index in [2.05, 4.69) is 25.9 Å². The SMILES string of the molecule is CCOc1ccc2nc(NC(=O)Cc3csc(NC(=O)NC4CCCCC4)n3)sc2c1. The topological polar surface area (TPSA) is 105 Å². The zero-order valence-electron chi connectivity index (χ0n) is 17.3. The van der Waals surface area contributed by atoms with E-state index in [0.717, 1.165) is 41.6 Å². The minimum atomic E-state index is -0.238. The highest BCUT2D eigenvalue weighted by molar-refractivity contribution is 7.22. The Kier molecular flexibility index (Phi) is 6.98. The average Bonchev–Trinajstić information content (AvgIpc) is 3.34. The third kappa shape index (κ3) is 5.92. The summed E-state index contributed by atoms with van der Waals surface area (Å²) in [6, 6.07) is 5.66. The third-order valence-corrected chi connectivity index (χ3v) is 6.71. The smallest absolute Gasteiger partial charge is 0.321 e. The molecule has 3 amide bonds. The van der Waals surface area contributed by atoms with Crippen molar-refractivity contribution in [3.05, 3.63) is 29.3 Å². The van der Waals surface area contributed by atoms with E-state index in [1.807, 2.05) is 25.1 Å². The number of nitrogens with one attached hydrogen (secondary N) is 3. The number of hydrogen-bond acceptors (Lipinski definition) is 7. The van der Waals surface area contributed by atoms with E-state index in [4.69, 9.17) is 4.74 Å². The number of ether oxygens (including phenoxy) is 1. The first-order chi connectivity index (χ1) is 15.1. The Morgan fingerprint density at radius 2 is 1.97 bits per heavy atom. The van der Waals surface area contributed by atoms with Crippen LogP contribution in [-0.2, 0) is 11.2 Å². The van der Waals surface area contributed by atoms with Gasteiger partial charge in [0.2, 0.25) is 5.91 Å². The molecule has 0 spiro atoms. The molecule has 1 saturated carbocycles. The normalized spacial score (nSPS) is 14.4. The van der Waals surface area contributed by atoms with Gasteiger partial charge in [0.05, 0.1) is 28.9 Å². The van der Waals surface area contributed by atoms with Gasteiger partial charge in [-0.2, -0.15) is 0 Å². The molecule has 0 saturated heterocycles. The fourth-order valence-corrected chi connectivity index (χ4v) is 5.17. The number of carbonyl (C=O) groups is 2. The summed E-state index contributed by atoms with van der Waals surface area (Å²) in [5.41, 5.74) is 1.42. The number of rotatable bonds is 7. The van der Waals surface area contributed by atoms with Crippen molar-refractivity contribution in [3.8, 4) is 5.75 Å². The van der Waals surface area contributed by atoms with E-state index in [1.165, 1.54) is 29.1 Å². The Labute approximate surface area is 188 Å². The summed E-state index contributed by atoms with van der Waals surface area (Å²) in [7, 11) is 0. The van der Waals surface area contributed by atoms with Crippen LogP contribution in [0.5, 0.6) is 5.75 Å². The molecule has 0 bridgehead atoms. The van der Waals surface area contributed by atoms with Crippen LogP contribution in [0.4, 0.5) is 15.1 Å². The minimum absolute atomic E-state index is 0.114. The van der Waals surface area contributed by atoms with Crippen molar-refractivity contribution in [2.45, 2.75) is 51.5 Å². The molecule has 164 valence electrons. The Bertz CT molecular complexity index is 1060. The van der Waals surface area contributed by atoms with Gasteiger partial charge in [0.1, 0.15) is 5.75 Å². The van der Waals surface area contributed by atoms with Crippen LogP contribution in [0.1, 0.15) is 44.7 Å². The number of hydrogen-bond donors (Lipinski definition) is 3. The number of fused-ring (bicyclic) bond motifs is 1. The van der Waals surface area contributed by atoms with E-state index in [9.17, 15) is 9.59 Å². The second-order valence-corrected chi connectivity index (χ2v) is 9.27. The monoisotopic (exact) mass is 459 g/mol. The van der Waals surface area contributed by atoms with Crippen molar-refractivity contribution in [2.75, 3.05) is 17.2 Å². The van der Waals surface area contributed by atoms with Gasteiger partial charge in [-0.25, -0.2) is 14.8 Å². The number of aromatic nitrogens is 2. The molecule has 3 N–H and O–H groups in total. The number of urea groups is 1. The Morgan fingerprint density at radius 3 is 2.77 bits per heavy atom. The lowest BCUT2D eigenvalue weighted by Crippen LogP contribution is -2.39. The van der Waals surface area contributed by atoms with Crippen LogP contribution in [0, 0.1) is 0 Å². The summed E-state index contributed by atoms with van der Waals surface area (Å²) in [6.45, 7) is 2.53. The quantitative estimate of drug-likeness (QED) is 0.471. The standard InChI is InChI=1S/C21H25N5O3S2/c1-2-29-15-8-9-16-17(11-15)31-21(24-16)25-18(27)10-14-12-30-20(23-14)26-19(28)22-13-6-4-3-5-7-13/h8-9,11-13H,2-7,10H2,1H3,(H,24,25,27)(H2,22,23,26,28). The van der Waals surface area contributed by atoms with Crippen LogP contribution < -0.4 is 20.7 Å². The fourth-order valence-electron chi connectivity index (χ4n) is 3.55. The van der Waals surface area contributed by atoms with Crippen LogP contribution in [0.25, 0.3) is 10.2 Å². The zero-order chi connectivity index (χ0) is 21.6. The molecule has 1 aliphatic rings. The summed E-state index contributed by atoms with van der Waals surface area (Å²) in [4.78, 5) is 33.4. The molecule has 0 unspecified atom stereocenters. The third-order valence-electron chi connectivity index (χ3n) is 4.97. The van der Waals surface area contributed by atoms with E-state index < -0.39 is 0 Å². The first-order valence-corrected chi connectivity index (χ1v) is 12.1. The predicted octanol–water partition coefficient (Wildman–Crippen LogP) is 4.79. The second kappa shape index (κ2) is 10.1. The molecule has 3 aromatic rings. The highest BCUT2D eigenvalue weighted by atomic mass is 32.1. The molecule has 1 fully saturated rings. The van der Waals surface area contributed by atoms with Crippen LogP contribution in [0.15, 0.2) is 23.6 Å². The number of benzene rings is 1. The van der Waals surface area contributed by atoms with Crippen LogP contribution >= 0.6 is 22.7 Å². The summed E-state index contributed by atoms with van der Waals surface area (Å²) in [5, 5.41) is 11.4. The average molecular weight is 460 g/mol. The lowest BCUT2D eigenvalue weighted by molar-refractivity contribution is -0.115. The first-order valence-electron chi connectivity index (χ1n) is 10.4. The van der Waals surface area contributed by atoms with Crippen molar-refractivity contribution in [2.24, 2.45) is 0 Å². The van der Waals surface area contributed by atoms with Crippen molar-refractivity contribution in [1.82, 2.24) is 15.3 Å². The Hall–Kier alpha value is -2.72. The van der Waals surface area contributed by atoms with E-state index in [1.54, 1.807) is 5.38 Å². The molecule has 2 aromatic heterocycles. The van der Waals surface area contributed by atoms with Crippen molar-refractivity contribution < 1.29 is 14.3 Å². The summed E-state index contributed by atoms with van der Waals surface area (Å²) in [6.07, 6.45) is 5.71. The molecular formula is C21H25N5O3S2. The Balaban J connectivity index is 1.29. The molecule has 4 rings (SSSR count). The van der Waals surface area contributed by atoms with Gasteiger partial charge in [-0.15, -0.1) is 11.3 Å².